The molecule has 0 amide bonds. The molecule has 0 aliphatic heterocycles. The van der Waals surface area contributed by atoms with Gasteiger partial charge in [-0.05, 0) is 36.4 Å². The van der Waals surface area contributed by atoms with Crippen molar-refractivity contribution in [3.63, 3.8) is 0 Å². The molecule has 1 N–H and O–H groups in total. The quantitative estimate of drug-likeness (QED) is 0.679. The lowest BCUT2D eigenvalue weighted by Gasteiger charge is -2.05. The molecule has 136 valence electrons. The Bertz CT molecular complexity index is 987. The molecule has 1 aromatic heterocycles. The average Bonchev–Trinajstić information content (AvgIpc) is 3.10. The number of aromatic nitrogens is 2. The summed E-state index contributed by atoms with van der Waals surface area (Å²) in [5.41, 5.74) is 0.678. The second-order valence-electron chi connectivity index (χ2n) is 5.31. The van der Waals surface area contributed by atoms with Crippen molar-refractivity contribution < 1.29 is 22.1 Å². The third-order valence-electron chi connectivity index (χ3n) is 3.57. The van der Waals surface area contributed by atoms with Crippen LogP contribution in [0.1, 0.15) is 5.89 Å². The van der Waals surface area contributed by atoms with Gasteiger partial charge < -0.3 is 9.26 Å². The number of hydrogen-bond donors (Lipinski definition) is 1. The summed E-state index contributed by atoms with van der Waals surface area (Å²) in [5.74, 6) is 0.752. The summed E-state index contributed by atoms with van der Waals surface area (Å²) in [6, 6.07) is 11.8. The van der Waals surface area contributed by atoms with Crippen LogP contribution < -0.4 is 9.46 Å². The van der Waals surface area contributed by atoms with Gasteiger partial charge in [-0.2, -0.15) is 4.98 Å². The van der Waals surface area contributed by atoms with Crippen LogP contribution >= 0.6 is 0 Å². The first-order chi connectivity index (χ1) is 12.5. The molecule has 1 heterocycles. The van der Waals surface area contributed by atoms with Crippen molar-refractivity contribution in [2.24, 2.45) is 0 Å². The van der Waals surface area contributed by atoms with Crippen LogP contribution in [0.15, 0.2) is 57.9 Å². The van der Waals surface area contributed by atoms with Gasteiger partial charge in [0, 0.05) is 13.0 Å². The standard InChI is InChI=1S/C17H16FN3O4S/c1-24-15-5-3-2-4-14(15)17-20-16(25-21-17)10-11-19-26(22,23)13-8-6-12(18)7-9-13/h2-9,19H,10-11H2,1H3. The highest BCUT2D eigenvalue weighted by Gasteiger charge is 2.16. The third kappa shape index (κ3) is 4.06. The predicted molar refractivity (Wildman–Crippen MR) is 91.6 cm³/mol. The van der Waals surface area contributed by atoms with Crippen LogP contribution in [-0.2, 0) is 16.4 Å². The lowest BCUT2D eigenvalue weighted by Crippen LogP contribution is -2.26. The number of hydrogen-bond acceptors (Lipinski definition) is 6. The van der Waals surface area contributed by atoms with Crippen molar-refractivity contribution in [1.82, 2.24) is 14.9 Å². The van der Waals surface area contributed by atoms with Crippen molar-refractivity contribution in [2.45, 2.75) is 11.3 Å². The van der Waals surface area contributed by atoms with E-state index >= 15 is 0 Å². The molecule has 0 aliphatic rings. The summed E-state index contributed by atoms with van der Waals surface area (Å²) in [5, 5.41) is 3.89. The molecule has 3 aromatic rings. The second-order valence-corrected chi connectivity index (χ2v) is 7.08. The van der Waals surface area contributed by atoms with E-state index in [9.17, 15) is 12.8 Å². The van der Waals surface area contributed by atoms with Gasteiger partial charge in [-0.3, -0.25) is 0 Å². The molecule has 26 heavy (non-hydrogen) atoms. The second kappa shape index (κ2) is 7.63. The summed E-state index contributed by atoms with van der Waals surface area (Å²) in [6.07, 6.45) is 0.211. The van der Waals surface area contributed by atoms with Crippen LogP contribution in [0.25, 0.3) is 11.4 Å². The number of methoxy groups -OCH3 is 1. The van der Waals surface area contributed by atoms with Crippen LogP contribution in [-0.4, -0.2) is 32.2 Å². The van der Waals surface area contributed by atoms with Crippen LogP contribution in [0.3, 0.4) is 0 Å². The molecule has 0 atom stereocenters. The van der Waals surface area contributed by atoms with E-state index in [1.807, 2.05) is 12.1 Å². The Morgan fingerprint density at radius 3 is 2.62 bits per heavy atom. The van der Waals surface area contributed by atoms with E-state index < -0.39 is 15.8 Å². The van der Waals surface area contributed by atoms with Gasteiger partial charge in [-0.15, -0.1) is 0 Å². The van der Waals surface area contributed by atoms with E-state index in [1.165, 1.54) is 12.1 Å². The average molecular weight is 377 g/mol. The number of para-hydroxylation sites is 1. The third-order valence-corrected chi connectivity index (χ3v) is 5.05. The van der Waals surface area contributed by atoms with Gasteiger partial charge in [-0.1, -0.05) is 17.3 Å². The summed E-state index contributed by atoms with van der Waals surface area (Å²) < 4.78 is 50.0. The Morgan fingerprint density at radius 2 is 1.88 bits per heavy atom. The number of ether oxygens (including phenoxy) is 1. The van der Waals surface area contributed by atoms with Crippen molar-refractivity contribution in [3.8, 4) is 17.1 Å². The molecular formula is C17H16FN3O4S. The Morgan fingerprint density at radius 1 is 1.15 bits per heavy atom. The van der Waals surface area contributed by atoms with Crippen LogP contribution in [0.5, 0.6) is 5.75 Å². The zero-order valence-corrected chi connectivity index (χ0v) is 14.7. The number of halogens is 1. The number of nitrogens with one attached hydrogen (secondary N) is 1. The molecule has 0 saturated heterocycles. The van der Waals surface area contributed by atoms with Crippen LogP contribution in [0, 0.1) is 5.82 Å². The molecule has 0 bridgehead atoms. The Labute approximate surface area is 149 Å². The normalized spacial score (nSPS) is 11.5. The first kappa shape index (κ1) is 18.0. The van der Waals surface area contributed by atoms with E-state index in [1.54, 1.807) is 19.2 Å². The van der Waals surface area contributed by atoms with Gasteiger partial charge in [0.1, 0.15) is 11.6 Å². The van der Waals surface area contributed by atoms with Crippen LogP contribution in [0.2, 0.25) is 0 Å². The minimum absolute atomic E-state index is 0.0147. The highest BCUT2D eigenvalue weighted by molar-refractivity contribution is 7.89. The highest BCUT2D eigenvalue weighted by atomic mass is 32.2. The van der Waals surface area contributed by atoms with Crippen molar-refractivity contribution in [1.29, 1.82) is 0 Å². The molecule has 0 spiro atoms. The first-order valence-electron chi connectivity index (χ1n) is 7.71. The minimum atomic E-state index is -3.73. The number of nitrogens with zero attached hydrogens (tertiary/aromatic N) is 2. The molecule has 7 nitrogen and oxygen atoms in total. The van der Waals surface area contributed by atoms with E-state index in [4.69, 9.17) is 9.26 Å². The topological polar surface area (TPSA) is 94.3 Å². The Kier molecular flexibility index (Phi) is 5.29. The monoisotopic (exact) mass is 377 g/mol. The Hall–Kier alpha value is -2.78. The fraction of sp³-hybridized carbons (Fsp3) is 0.176. The largest absolute Gasteiger partial charge is 0.496 e. The van der Waals surface area contributed by atoms with E-state index in [0.29, 0.717) is 17.1 Å². The van der Waals surface area contributed by atoms with Gasteiger partial charge >= 0.3 is 0 Å². The van der Waals surface area contributed by atoms with Crippen molar-refractivity contribution in [3.05, 3.63) is 60.2 Å². The number of sulfonamides is 1. The van der Waals surface area contributed by atoms with Gasteiger partial charge in [0.15, 0.2) is 0 Å². The smallest absolute Gasteiger partial charge is 0.240 e. The molecule has 0 radical (unpaired) electrons. The minimum Gasteiger partial charge on any atom is -0.496 e. The molecular weight excluding hydrogens is 361 g/mol. The molecule has 0 aliphatic carbocycles. The fourth-order valence-electron chi connectivity index (χ4n) is 2.28. The molecule has 0 unspecified atom stereocenters. The maximum Gasteiger partial charge on any atom is 0.240 e. The Balaban J connectivity index is 1.64. The zero-order valence-electron chi connectivity index (χ0n) is 13.8. The summed E-state index contributed by atoms with van der Waals surface area (Å²) >= 11 is 0. The van der Waals surface area contributed by atoms with Crippen LogP contribution in [0.4, 0.5) is 4.39 Å². The molecule has 3 rings (SSSR count). The lowest BCUT2D eigenvalue weighted by molar-refractivity contribution is 0.378. The lowest BCUT2D eigenvalue weighted by atomic mass is 10.2. The number of rotatable bonds is 7. The highest BCUT2D eigenvalue weighted by Crippen LogP contribution is 2.27. The van der Waals surface area contributed by atoms with Crippen molar-refractivity contribution >= 4 is 10.0 Å². The predicted octanol–water partition coefficient (Wildman–Crippen LogP) is 2.41. The van der Waals surface area contributed by atoms with Gasteiger partial charge in [0.05, 0.1) is 17.6 Å². The van der Waals surface area contributed by atoms with E-state index in [-0.39, 0.29) is 23.8 Å². The summed E-state index contributed by atoms with van der Waals surface area (Å²) in [6.45, 7) is 0.0628. The zero-order chi connectivity index (χ0) is 18.6. The molecule has 0 fully saturated rings. The van der Waals surface area contributed by atoms with E-state index in [0.717, 1.165) is 12.1 Å². The van der Waals surface area contributed by atoms with Gasteiger partial charge in [0.25, 0.3) is 0 Å². The maximum absolute atomic E-state index is 12.9. The van der Waals surface area contributed by atoms with E-state index in [2.05, 4.69) is 14.9 Å². The molecule has 0 saturated carbocycles. The summed E-state index contributed by atoms with van der Waals surface area (Å²) in [7, 11) is -2.18. The van der Waals surface area contributed by atoms with Crippen molar-refractivity contribution in [2.75, 3.05) is 13.7 Å². The van der Waals surface area contributed by atoms with Gasteiger partial charge in [-0.25, -0.2) is 17.5 Å². The molecule has 9 heteroatoms. The maximum atomic E-state index is 12.9. The first-order valence-corrected chi connectivity index (χ1v) is 9.19. The molecule has 2 aromatic carbocycles. The SMILES string of the molecule is COc1ccccc1-c1noc(CCNS(=O)(=O)c2ccc(F)cc2)n1. The van der Waals surface area contributed by atoms with Gasteiger partial charge in [0.2, 0.25) is 21.7 Å². The fourth-order valence-corrected chi connectivity index (χ4v) is 3.32. The number of benzene rings is 2. The summed E-state index contributed by atoms with van der Waals surface area (Å²) in [4.78, 5) is 4.24.